The smallest absolute Gasteiger partial charge is 0.321 e. The van der Waals surface area contributed by atoms with Gasteiger partial charge in [0.1, 0.15) is 5.82 Å². The van der Waals surface area contributed by atoms with Crippen LogP contribution in [0.15, 0.2) is 18.2 Å². The fourth-order valence-electron chi connectivity index (χ4n) is 2.88. The van der Waals surface area contributed by atoms with Crippen molar-refractivity contribution in [2.75, 3.05) is 32.5 Å². The van der Waals surface area contributed by atoms with Gasteiger partial charge in [0.25, 0.3) is 0 Å². The number of rotatable bonds is 4. The molecule has 1 saturated heterocycles. The average molecular weight is 335 g/mol. The Hall–Kier alpha value is -2.11. The zero-order valence-electron chi connectivity index (χ0n) is 14.6. The first-order valence-corrected chi connectivity index (χ1v) is 8.45. The normalized spacial score (nSPS) is 15.2. The van der Waals surface area contributed by atoms with Gasteiger partial charge in [-0.05, 0) is 42.9 Å². The number of benzene rings is 1. The van der Waals surface area contributed by atoms with Gasteiger partial charge in [-0.25, -0.2) is 9.18 Å². The Morgan fingerprint density at radius 2 is 1.96 bits per heavy atom. The maximum atomic E-state index is 13.8. The molecule has 3 amide bonds. The number of piperidine rings is 1. The summed E-state index contributed by atoms with van der Waals surface area (Å²) in [5.41, 5.74) is 1.11. The number of carbonyl (C=O) groups excluding carboxylic acids is 2. The van der Waals surface area contributed by atoms with Gasteiger partial charge in [-0.2, -0.15) is 0 Å². The molecule has 5 nitrogen and oxygen atoms in total. The Balaban J connectivity index is 1.84. The van der Waals surface area contributed by atoms with Gasteiger partial charge in [0.05, 0.1) is 0 Å². The molecule has 1 aliphatic heterocycles. The third-order valence-electron chi connectivity index (χ3n) is 4.55. The highest BCUT2D eigenvalue weighted by atomic mass is 19.1. The van der Waals surface area contributed by atoms with Crippen LogP contribution in [0.5, 0.6) is 0 Å². The van der Waals surface area contributed by atoms with Crippen LogP contribution in [-0.4, -0.2) is 48.9 Å². The maximum Gasteiger partial charge on any atom is 0.321 e. The number of hydrogen-bond donors (Lipinski definition) is 1. The lowest BCUT2D eigenvalue weighted by molar-refractivity contribution is -0.129. The van der Waals surface area contributed by atoms with Crippen LogP contribution >= 0.6 is 0 Å². The molecule has 0 bridgehead atoms. The summed E-state index contributed by atoms with van der Waals surface area (Å²) < 4.78 is 13.8. The standard InChI is InChI=1S/C18H26FN3O2/c1-4-14-5-6-15(12-16(14)19)20-18(24)22-9-7-13(8-10-22)11-17(23)21(2)3/h5-6,12-13H,4,7-11H2,1-3H3,(H,20,24). The molecule has 6 heteroatoms. The molecule has 0 atom stereocenters. The number of amides is 3. The van der Waals surface area contributed by atoms with Crippen molar-refractivity contribution in [1.29, 1.82) is 0 Å². The Morgan fingerprint density at radius 3 is 2.50 bits per heavy atom. The third kappa shape index (κ3) is 4.69. The number of urea groups is 1. The summed E-state index contributed by atoms with van der Waals surface area (Å²) in [6.45, 7) is 3.13. The maximum absolute atomic E-state index is 13.8. The average Bonchev–Trinajstić information content (AvgIpc) is 2.55. The van der Waals surface area contributed by atoms with Crippen LogP contribution in [0.1, 0.15) is 31.7 Å². The van der Waals surface area contributed by atoms with E-state index in [1.807, 2.05) is 6.92 Å². The number of carbonyl (C=O) groups is 2. The monoisotopic (exact) mass is 335 g/mol. The predicted octanol–water partition coefficient (Wildman–Crippen LogP) is 3.11. The van der Waals surface area contributed by atoms with Crippen molar-refractivity contribution in [3.05, 3.63) is 29.6 Å². The number of likely N-dealkylation sites (tertiary alicyclic amines) is 1. The largest absolute Gasteiger partial charge is 0.349 e. The van der Waals surface area contributed by atoms with Crippen molar-refractivity contribution in [1.82, 2.24) is 9.80 Å². The highest BCUT2D eigenvalue weighted by Gasteiger charge is 2.25. The Morgan fingerprint density at radius 1 is 1.29 bits per heavy atom. The van der Waals surface area contributed by atoms with Crippen molar-refractivity contribution >= 4 is 17.6 Å². The SMILES string of the molecule is CCc1ccc(NC(=O)N2CCC(CC(=O)N(C)C)CC2)cc1F. The van der Waals surface area contributed by atoms with E-state index >= 15 is 0 Å². The highest BCUT2D eigenvalue weighted by Crippen LogP contribution is 2.22. The summed E-state index contributed by atoms with van der Waals surface area (Å²) >= 11 is 0. The molecule has 1 aromatic rings. The molecule has 132 valence electrons. The van der Waals surface area contributed by atoms with E-state index in [9.17, 15) is 14.0 Å². The molecule has 0 spiro atoms. The Kier molecular flexibility index (Phi) is 6.17. The quantitative estimate of drug-likeness (QED) is 0.919. The minimum atomic E-state index is -0.295. The lowest BCUT2D eigenvalue weighted by Crippen LogP contribution is -2.41. The lowest BCUT2D eigenvalue weighted by atomic mass is 9.93. The topological polar surface area (TPSA) is 52.7 Å². The summed E-state index contributed by atoms with van der Waals surface area (Å²) in [6, 6.07) is 4.57. The van der Waals surface area contributed by atoms with Gasteiger partial charge in [-0.1, -0.05) is 13.0 Å². The van der Waals surface area contributed by atoms with Crippen molar-refractivity contribution in [2.45, 2.75) is 32.6 Å². The summed E-state index contributed by atoms with van der Waals surface area (Å²) in [4.78, 5) is 27.4. The van der Waals surface area contributed by atoms with E-state index in [1.165, 1.54) is 6.07 Å². The molecule has 1 N–H and O–H groups in total. The molecule has 0 radical (unpaired) electrons. The van der Waals surface area contributed by atoms with Gasteiger partial charge in [0.15, 0.2) is 0 Å². The summed E-state index contributed by atoms with van der Waals surface area (Å²) in [6.07, 6.45) is 2.79. The van der Waals surface area contributed by atoms with Gasteiger partial charge in [-0.3, -0.25) is 4.79 Å². The number of halogens is 1. The van der Waals surface area contributed by atoms with Gasteiger partial charge in [-0.15, -0.1) is 0 Å². The van der Waals surface area contributed by atoms with Crippen LogP contribution in [-0.2, 0) is 11.2 Å². The molecule has 1 aliphatic rings. The number of aryl methyl sites for hydroxylation is 1. The first kappa shape index (κ1) is 18.2. The van der Waals surface area contributed by atoms with Gasteiger partial charge in [0.2, 0.25) is 5.91 Å². The van der Waals surface area contributed by atoms with Crippen LogP contribution in [0, 0.1) is 11.7 Å². The zero-order valence-corrected chi connectivity index (χ0v) is 14.6. The molecule has 1 aromatic carbocycles. The first-order chi connectivity index (χ1) is 11.4. The molecule has 24 heavy (non-hydrogen) atoms. The number of nitrogens with one attached hydrogen (secondary N) is 1. The molecular formula is C18H26FN3O2. The molecule has 0 aliphatic carbocycles. The van der Waals surface area contributed by atoms with Crippen LogP contribution in [0.25, 0.3) is 0 Å². The number of hydrogen-bond acceptors (Lipinski definition) is 2. The van der Waals surface area contributed by atoms with Crippen molar-refractivity contribution in [3.63, 3.8) is 0 Å². The summed E-state index contributed by atoms with van der Waals surface area (Å²) in [5, 5.41) is 2.75. The molecule has 0 unspecified atom stereocenters. The molecule has 1 fully saturated rings. The number of nitrogens with zero attached hydrogens (tertiary/aromatic N) is 2. The Labute approximate surface area is 142 Å². The fourth-order valence-corrected chi connectivity index (χ4v) is 2.88. The molecule has 0 aromatic heterocycles. The van der Waals surface area contributed by atoms with Gasteiger partial charge >= 0.3 is 6.03 Å². The van der Waals surface area contributed by atoms with Gasteiger partial charge < -0.3 is 15.1 Å². The van der Waals surface area contributed by atoms with Crippen LogP contribution in [0.2, 0.25) is 0 Å². The van der Waals surface area contributed by atoms with E-state index < -0.39 is 0 Å². The minimum absolute atomic E-state index is 0.129. The third-order valence-corrected chi connectivity index (χ3v) is 4.55. The summed E-state index contributed by atoms with van der Waals surface area (Å²) in [7, 11) is 3.52. The number of anilines is 1. The highest BCUT2D eigenvalue weighted by molar-refractivity contribution is 5.89. The van der Waals surface area contributed by atoms with Crippen molar-refractivity contribution in [2.24, 2.45) is 5.92 Å². The van der Waals surface area contributed by atoms with E-state index in [1.54, 1.807) is 36.0 Å². The second-order valence-corrected chi connectivity index (χ2v) is 6.51. The Bertz CT molecular complexity index is 596. The molecule has 0 saturated carbocycles. The van der Waals surface area contributed by atoms with Crippen LogP contribution in [0.3, 0.4) is 0 Å². The lowest BCUT2D eigenvalue weighted by Gasteiger charge is -2.32. The molecule has 2 rings (SSSR count). The molecular weight excluding hydrogens is 309 g/mol. The van der Waals surface area contributed by atoms with Crippen molar-refractivity contribution in [3.8, 4) is 0 Å². The van der Waals surface area contributed by atoms with E-state index in [4.69, 9.17) is 0 Å². The predicted molar refractivity (Wildman–Crippen MR) is 92.4 cm³/mol. The van der Waals surface area contributed by atoms with Crippen LogP contribution in [0.4, 0.5) is 14.9 Å². The van der Waals surface area contributed by atoms with E-state index in [-0.39, 0.29) is 17.8 Å². The van der Waals surface area contributed by atoms with Gasteiger partial charge in [0, 0.05) is 39.3 Å². The summed E-state index contributed by atoms with van der Waals surface area (Å²) in [5.74, 6) is 0.158. The second kappa shape index (κ2) is 8.13. The van der Waals surface area contributed by atoms with E-state index in [0.29, 0.717) is 43.1 Å². The van der Waals surface area contributed by atoms with E-state index in [2.05, 4.69) is 5.32 Å². The minimum Gasteiger partial charge on any atom is -0.349 e. The van der Waals surface area contributed by atoms with E-state index in [0.717, 1.165) is 12.8 Å². The molecule has 1 heterocycles. The zero-order chi connectivity index (χ0) is 17.7. The first-order valence-electron chi connectivity index (χ1n) is 8.45. The fraction of sp³-hybridized carbons (Fsp3) is 0.556. The van der Waals surface area contributed by atoms with Crippen molar-refractivity contribution < 1.29 is 14.0 Å². The second-order valence-electron chi connectivity index (χ2n) is 6.51. The van der Waals surface area contributed by atoms with Crippen LogP contribution < -0.4 is 5.32 Å².